The molecule has 1 aliphatic rings. The van der Waals surface area contributed by atoms with E-state index < -0.39 is 35.8 Å². The van der Waals surface area contributed by atoms with Gasteiger partial charge < -0.3 is 39.1 Å². The van der Waals surface area contributed by atoms with Crippen molar-refractivity contribution in [3.05, 3.63) is 52.7 Å². The first-order valence-corrected chi connectivity index (χ1v) is 9.16. The molecular weight excluding hydrogens is 396 g/mol. The maximum Gasteiger partial charge on any atom is 0.229 e. The van der Waals surface area contributed by atoms with E-state index in [1.54, 1.807) is 24.3 Å². The molecule has 0 spiro atoms. The zero-order valence-electron chi connectivity index (χ0n) is 15.9. The molecule has 0 aliphatic carbocycles. The van der Waals surface area contributed by atoms with Gasteiger partial charge in [0, 0.05) is 17.7 Å². The summed E-state index contributed by atoms with van der Waals surface area (Å²) in [5.74, 6) is -0.498. The van der Waals surface area contributed by atoms with E-state index >= 15 is 0 Å². The van der Waals surface area contributed by atoms with Crippen molar-refractivity contribution in [3.63, 3.8) is 0 Å². The Morgan fingerprint density at radius 1 is 1.07 bits per heavy atom. The molecule has 30 heavy (non-hydrogen) atoms. The summed E-state index contributed by atoms with van der Waals surface area (Å²) < 4.78 is 21.8. The first kappa shape index (κ1) is 20.2. The summed E-state index contributed by atoms with van der Waals surface area (Å²) in [7, 11) is 1.32. The van der Waals surface area contributed by atoms with Crippen molar-refractivity contribution in [2.24, 2.45) is 0 Å². The van der Waals surface area contributed by atoms with Crippen LogP contribution in [0.3, 0.4) is 0 Å². The molecule has 4 atom stereocenters. The Labute approximate surface area is 170 Å². The number of rotatable bonds is 4. The Bertz CT molecular complexity index is 1110. The molecule has 1 aliphatic heterocycles. The number of aliphatic hydroxyl groups is 3. The van der Waals surface area contributed by atoms with Crippen molar-refractivity contribution < 1.29 is 39.1 Å². The zero-order valence-corrected chi connectivity index (χ0v) is 15.9. The predicted octanol–water partition coefficient (Wildman–Crippen LogP) is 0.992. The first-order valence-electron chi connectivity index (χ1n) is 9.16. The lowest BCUT2D eigenvalue weighted by Crippen LogP contribution is -2.54. The van der Waals surface area contributed by atoms with E-state index in [1.807, 2.05) is 6.07 Å². The van der Waals surface area contributed by atoms with Crippen LogP contribution in [-0.2, 0) is 4.74 Å². The third-order valence-corrected chi connectivity index (χ3v) is 4.88. The Kier molecular flexibility index (Phi) is 5.35. The number of hydrogen-bond acceptors (Lipinski definition) is 9. The molecule has 4 N–H and O–H groups in total. The van der Waals surface area contributed by atoms with Crippen LogP contribution in [0.1, 0.15) is 0 Å². The standard InChI is InChI=1S/C21H20O9/c1-27-15-8-14-16(11(22)7-13(29-14)10-5-3-2-4-6-10)18(25)20(15)30-21-19(26)17(24)12(23)9-28-21/h2-8,12,17,19,21,23-26H,9H2,1H3/t12-,17+,19+,21-/m0/s1. The summed E-state index contributed by atoms with van der Waals surface area (Å²) in [5, 5.41) is 40.1. The molecule has 0 saturated carbocycles. The summed E-state index contributed by atoms with van der Waals surface area (Å²) >= 11 is 0. The van der Waals surface area contributed by atoms with Gasteiger partial charge in [0.15, 0.2) is 16.9 Å². The fourth-order valence-corrected chi connectivity index (χ4v) is 3.27. The summed E-state index contributed by atoms with van der Waals surface area (Å²) in [5.41, 5.74) is 0.242. The molecular formula is C21H20O9. The van der Waals surface area contributed by atoms with Gasteiger partial charge in [-0.1, -0.05) is 30.3 Å². The molecule has 1 fully saturated rings. The number of hydrogen-bond donors (Lipinski definition) is 4. The van der Waals surface area contributed by atoms with Crippen molar-refractivity contribution in [2.45, 2.75) is 24.6 Å². The summed E-state index contributed by atoms with van der Waals surface area (Å²) in [6, 6.07) is 11.6. The molecule has 0 amide bonds. The number of benzene rings is 2. The zero-order chi connectivity index (χ0) is 21.4. The fourth-order valence-electron chi connectivity index (χ4n) is 3.27. The van der Waals surface area contributed by atoms with Crippen molar-refractivity contribution in [1.82, 2.24) is 0 Å². The van der Waals surface area contributed by atoms with Crippen LogP contribution < -0.4 is 14.9 Å². The van der Waals surface area contributed by atoms with Gasteiger partial charge in [0.25, 0.3) is 0 Å². The van der Waals surface area contributed by atoms with Gasteiger partial charge in [0.2, 0.25) is 12.0 Å². The van der Waals surface area contributed by atoms with Gasteiger partial charge in [0.05, 0.1) is 13.7 Å². The normalized spacial score (nSPS) is 24.0. The first-order chi connectivity index (χ1) is 14.4. The highest BCUT2D eigenvalue weighted by atomic mass is 16.7. The average Bonchev–Trinajstić information content (AvgIpc) is 2.75. The van der Waals surface area contributed by atoms with Crippen LogP contribution in [-0.4, -0.2) is 58.7 Å². The highest BCUT2D eigenvalue weighted by Gasteiger charge is 2.40. The molecule has 3 aromatic rings. The molecule has 9 nitrogen and oxygen atoms in total. The second-order valence-corrected chi connectivity index (χ2v) is 6.84. The Morgan fingerprint density at radius 3 is 2.50 bits per heavy atom. The molecule has 0 unspecified atom stereocenters. The number of methoxy groups -OCH3 is 1. The Hall–Kier alpha value is -3.11. The van der Waals surface area contributed by atoms with E-state index in [-0.39, 0.29) is 29.1 Å². The van der Waals surface area contributed by atoms with Gasteiger partial charge in [-0.3, -0.25) is 4.79 Å². The number of phenolic OH excluding ortho intramolecular Hbond substituents is 1. The van der Waals surface area contributed by atoms with Crippen molar-refractivity contribution in [2.75, 3.05) is 13.7 Å². The lowest BCUT2D eigenvalue weighted by molar-refractivity contribution is -0.242. The minimum absolute atomic E-state index is 0.0183. The van der Waals surface area contributed by atoms with Gasteiger partial charge in [-0.05, 0) is 0 Å². The van der Waals surface area contributed by atoms with Gasteiger partial charge in [0.1, 0.15) is 35.0 Å². The minimum atomic E-state index is -1.59. The highest BCUT2D eigenvalue weighted by molar-refractivity contribution is 5.89. The van der Waals surface area contributed by atoms with E-state index in [0.29, 0.717) is 11.3 Å². The van der Waals surface area contributed by atoms with Crippen molar-refractivity contribution in [1.29, 1.82) is 0 Å². The third kappa shape index (κ3) is 3.48. The average molecular weight is 416 g/mol. The van der Waals surface area contributed by atoms with E-state index in [9.17, 15) is 25.2 Å². The maximum absolute atomic E-state index is 12.7. The van der Waals surface area contributed by atoms with E-state index in [0.717, 1.165) is 0 Å². The molecule has 9 heteroatoms. The largest absolute Gasteiger partial charge is 0.504 e. The Balaban J connectivity index is 1.79. The van der Waals surface area contributed by atoms with Crippen molar-refractivity contribution in [3.8, 4) is 28.6 Å². The highest BCUT2D eigenvalue weighted by Crippen LogP contribution is 2.43. The maximum atomic E-state index is 12.7. The number of aromatic hydroxyl groups is 1. The molecule has 0 radical (unpaired) electrons. The lowest BCUT2D eigenvalue weighted by atomic mass is 10.1. The lowest BCUT2D eigenvalue weighted by Gasteiger charge is -2.35. The van der Waals surface area contributed by atoms with Crippen LogP contribution in [0.2, 0.25) is 0 Å². The van der Waals surface area contributed by atoms with E-state index in [2.05, 4.69) is 0 Å². The third-order valence-electron chi connectivity index (χ3n) is 4.88. The minimum Gasteiger partial charge on any atom is -0.504 e. The van der Waals surface area contributed by atoms with Crippen LogP contribution in [0.25, 0.3) is 22.3 Å². The smallest absolute Gasteiger partial charge is 0.229 e. The van der Waals surface area contributed by atoms with Crippen LogP contribution in [0.15, 0.2) is 51.7 Å². The molecule has 0 bridgehead atoms. The van der Waals surface area contributed by atoms with Gasteiger partial charge in [-0.15, -0.1) is 0 Å². The second kappa shape index (κ2) is 7.96. The number of aliphatic hydroxyl groups excluding tert-OH is 3. The topological polar surface area (TPSA) is 139 Å². The van der Waals surface area contributed by atoms with Crippen LogP contribution >= 0.6 is 0 Å². The quantitative estimate of drug-likeness (QED) is 0.490. The van der Waals surface area contributed by atoms with Crippen LogP contribution in [0, 0.1) is 0 Å². The predicted molar refractivity (Wildman–Crippen MR) is 105 cm³/mol. The van der Waals surface area contributed by atoms with E-state index in [1.165, 1.54) is 19.2 Å². The van der Waals surface area contributed by atoms with E-state index in [4.69, 9.17) is 18.6 Å². The number of phenols is 1. The monoisotopic (exact) mass is 416 g/mol. The van der Waals surface area contributed by atoms with Gasteiger partial charge in [-0.2, -0.15) is 0 Å². The molecule has 4 rings (SSSR count). The van der Waals surface area contributed by atoms with Gasteiger partial charge >= 0.3 is 0 Å². The molecule has 2 aromatic carbocycles. The molecule has 158 valence electrons. The summed E-state index contributed by atoms with van der Waals surface area (Å²) in [4.78, 5) is 12.7. The summed E-state index contributed by atoms with van der Waals surface area (Å²) in [6.07, 6.45) is -5.78. The summed E-state index contributed by atoms with van der Waals surface area (Å²) in [6.45, 7) is -0.290. The number of fused-ring (bicyclic) bond motifs is 1. The number of ether oxygens (including phenoxy) is 3. The fraction of sp³-hybridized carbons (Fsp3) is 0.286. The van der Waals surface area contributed by atoms with Crippen LogP contribution in [0.4, 0.5) is 0 Å². The SMILES string of the molecule is COc1cc2oc(-c3ccccc3)cc(=O)c2c(O)c1O[C@@H]1OC[C@H](O)[C@@H](O)[C@H]1O. The molecule has 1 aromatic heterocycles. The molecule has 1 saturated heterocycles. The van der Waals surface area contributed by atoms with Crippen LogP contribution in [0.5, 0.6) is 17.2 Å². The Morgan fingerprint density at radius 2 is 1.80 bits per heavy atom. The van der Waals surface area contributed by atoms with Gasteiger partial charge in [-0.25, -0.2) is 0 Å². The second-order valence-electron chi connectivity index (χ2n) is 6.84. The molecule has 2 heterocycles. The van der Waals surface area contributed by atoms with Crippen molar-refractivity contribution >= 4 is 11.0 Å².